The van der Waals surface area contributed by atoms with E-state index in [4.69, 9.17) is 4.74 Å². The first-order chi connectivity index (χ1) is 12.3. The van der Waals surface area contributed by atoms with Gasteiger partial charge in [-0.05, 0) is 48.7 Å². The van der Waals surface area contributed by atoms with Crippen molar-refractivity contribution in [3.05, 3.63) is 59.7 Å². The fraction of sp³-hybridized carbons (Fsp3) is 0.316. The third-order valence-corrected chi connectivity index (χ3v) is 4.38. The lowest BCUT2D eigenvalue weighted by molar-refractivity contribution is -0.123. The molecule has 0 fully saturated rings. The van der Waals surface area contributed by atoms with Crippen molar-refractivity contribution in [1.29, 1.82) is 0 Å². The first-order valence-corrected chi connectivity index (χ1v) is 10.2. The van der Waals surface area contributed by atoms with Crippen LogP contribution in [0.5, 0.6) is 5.75 Å². The van der Waals surface area contributed by atoms with E-state index in [-0.39, 0.29) is 18.6 Å². The molecule has 140 valence electrons. The average molecular weight is 376 g/mol. The van der Waals surface area contributed by atoms with Gasteiger partial charge < -0.3 is 10.1 Å². The zero-order valence-electron chi connectivity index (χ0n) is 15.2. The SMILES string of the molecule is CCc1ccc(OCC(=O)NC(C)c2cccc(NS(C)(=O)=O)c2)cc1. The fourth-order valence-electron chi connectivity index (χ4n) is 2.42. The Morgan fingerprint density at radius 3 is 2.46 bits per heavy atom. The number of ether oxygens (including phenoxy) is 1. The molecule has 7 heteroatoms. The van der Waals surface area contributed by atoms with Crippen LogP contribution in [0.2, 0.25) is 0 Å². The molecule has 2 aromatic rings. The summed E-state index contributed by atoms with van der Waals surface area (Å²) in [6, 6.07) is 14.2. The maximum absolute atomic E-state index is 12.1. The number of carbonyl (C=O) groups is 1. The molecule has 2 rings (SSSR count). The van der Waals surface area contributed by atoms with Crippen molar-refractivity contribution < 1.29 is 17.9 Å². The predicted octanol–water partition coefficient (Wildman–Crippen LogP) is 2.88. The van der Waals surface area contributed by atoms with E-state index in [1.165, 1.54) is 5.56 Å². The highest BCUT2D eigenvalue weighted by atomic mass is 32.2. The Labute approximate surface area is 154 Å². The highest BCUT2D eigenvalue weighted by molar-refractivity contribution is 7.92. The molecule has 2 N–H and O–H groups in total. The van der Waals surface area contributed by atoms with E-state index < -0.39 is 10.0 Å². The molecule has 0 aliphatic rings. The number of anilines is 1. The summed E-state index contributed by atoms with van der Waals surface area (Å²) in [4.78, 5) is 12.1. The Kier molecular flexibility index (Phi) is 6.63. The summed E-state index contributed by atoms with van der Waals surface area (Å²) in [5.74, 6) is 0.392. The molecule has 2 aromatic carbocycles. The molecule has 0 aliphatic carbocycles. The first-order valence-electron chi connectivity index (χ1n) is 8.35. The minimum Gasteiger partial charge on any atom is -0.484 e. The summed E-state index contributed by atoms with van der Waals surface area (Å²) in [6.07, 6.45) is 2.04. The van der Waals surface area contributed by atoms with Gasteiger partial charge in [0.25, 0.3) is 5.91 Å². The number of rotatable bonds is 8. The summed E-state index contributed by atoms with van der Waals surface area (Å²) in [7, 11) is -3.34. The monoisotopic (exact) mass is 376 g/mol. The van der Waals surface area contributed by atoms with Gasteiger partial charge in [-0.25, -0.2) is 8.42 Å². The average Bonchev–Trinajstić information content (AvgIpc) is 2.59. The van der Waals surface area contributed by atoms with Crippen LogP contribution >= 0.6 is 0 Å². The molecule has 0 saturated heterocycles. The van der Waals surface area contributed by atoms with Gasteiger partial charge in [0, 0.05) is 5.69 Å². The minimum absolute atomic E-state index is 0.0862. The minimum atomic E-state index is -3.34. The summed E-state index contributed by atoms with van der Waals surface area (Å²) in [5, 5.41) is 2.84. The third kappa shape index (κ3) is 6.40. The number of benzene rings is 2. The van der Waals surface area contributed by atoms with Gasteiger partial charge in [0.1, 0.15) is 5.75 Å². The van der Waals surface area contributed by atoms with E-state index in [1.807, 2.05) is 37.3 Å². The zero-order chi connectivity index (χ0) is 19.2. The van der Waals surface area contributed by atoms with E-state index in [0.29, 0.717) is 11.4 Å². The molecule has 1 atom stereocenters. The second-order valence-electron chi connectivity index (χ2n) is 6.08. The van der Waals surface area contributed by atoms with Crippen molar-refractivity contribution in [2.75, 3.05) is 17.6 Å². The molecule has 0 radical (unpaired) electrons. The number of hydrogen-bond acceptors (Lipinski definition) is 4. The van der Waals surface area contributed by atoms with E-state index in [9.17, 15) is 13.2 Å². The van der Waals surface area contributed by atoms with Crippen molar-refractivity contribution in [3.8, 4) is 5.75 Å². The van der Waals surface area contributed by atoms with Crippen LogP contribution in [-0.4, -0.2) is 27.2 Å². The number of carbonyl (C=O) groups excluding carboxylic acids is 1. The Morgan fingerprint density at radius 2 is 1.85 bits per heavy atom. The summed E-state index contributed by atoms with van der Waals surface area (Å²) < 4.78 is 30.6. The quantitative estimate of drug-likeness (QED) is 0.742. The van der Waals surface area contributed by atoms with Crippen molar-refractivity contribution >= 4 is 21.6 Å². The van der Waals surface area contributed by atoms with Crippen LogP contribution in [0.15, 0.2) is 48.5 Å². The molecule has 6 nitrogen and oxygen atoms in total. The van der Waals surface area contributed by atoms with Crippen LogP contribution in [0.4, 0.5) is 5.69 Å². The van der Waals surface area contributed by atoms with E-state index >= 15 is 0 Å². The highest BCUT2D eigenvalue weighted by Gasteiger charge is 2.11. The predicted molar refractivity (Wildman–Crippen MR) is 103 cm³/mol. The number of amides is 1. The van der Waals surface area contributed by atoms with Gasteiger partial charge in [-0.1, -0.05) is 31.2 Å². The number of aryl methyl sites for hydroxylation is 1. The lowest BCUT2D eigenvalue weighted by Gasteiger charge is -2.16. The van der Waals surface area contributed by atoms with Crippen molar-refractivity contribution in [2.45, 2.75) is 26.3 Å². The molecule has 0 heterocycles. The van der Waals surface area contributed by atoms with E-state index in [0.717, 1.165) is 18.2 Å². The number of sulfonamides is 1. The maximum Gasteiger partial charge on any atom is 0.258 e. The molecule has 0 aromatic heterocycles. The lowest BCUT2D eigenvalue weighted by atomic mass is 10.1. The molecule has 26 heavy (non-hydrogen) atoms. The Balaban J connectivity index is 1.90. The van der Waals surface area contributed by atoms with E-state index in [1.54, 1.807) is 18.2 Å². The van der Waals surface area contributed by atoms with Gasteiger partial charge in [-0.15, -0.1) is 0 Å². The Bertz CT molecular complexity index is 848. The van der Waals surface area contributed by atoms with Crippen LogP contribution in [0.3, 0.4) is 0 Å². The van der Waals surface area contributed by atoms with Crippen LogP contribution in [0.25, 0.3) is 0 Å². The topological polar surface area (TPSA) is 84.5 Å². The standard InChI is InChI=1S/C19H24N2O4S/c1-4-15-8-10-18(11-9-15)25-13-19(22)20-14(2)16-6-5-7-17(12-16)21-26(3,23)24/h5-12,14,21H,4,13H2,1-3H3,(H,20,22). The van der Waals surface area contributed by atoms with Crippen molar-refractivity contribution in [3.63, 3.8) is 0 Å². The van der Waals surface area contributed by atoms with Crippen molar-refractivity contribution in [1.82, 2.24) is 5.32 Å². The molecular weight excluding hydrogens is 352 g/mol. The second-order valence-corrected chi connectivity index (χ2v) is 7.82. The molecule has 1 amide bonds. The molecule has 0 aliphatic heterocycles. The van der Waals surface area contributed by atoms with E-state index in [2.05, 4.69) is 17.0 Å². The summed E-state index contributed by atoms with van der Waals surface area (Å²) >= 11 is 0. The second kappa shape index (κ2) is 8.71. The molecule has 0 saturated carbocycles. The third-order valence-electron chi connectivity index (χ3n) is 3.77. The van der Waals surface area contributed by atoms with Crippen LogP contribution < -0.4 is 14.8 Å². The van der Waals surface area contributed by atoms with Gasteiger partial charge in [-0.3, -0.25) is 9.52 Å². The summed E-state index contributed by atoms with van der Waals surface area (Å²) in [6.45, 7) is 3.82. The Morgan fingerprint density at radius 1 is 1.15 bits per heavy atom. The molecule has 0 bridgehead atoms. The van der Waals surface area contributed by atoms with Gasteiger partial charge in [0.05, 0.1) is 12.3 Å². The lowest BCUT2D eigenvalue weighted by Crippen LogP contribution is -2.31. The first kappa shape index (κ1) is 19.8. The highest BCUT2D eigenvalue weighted by Crippen LogP contribution is 2.18. The van der Waals surface area contributed by atoms with Crippen LogP contribution in [0, 0.1) is 0 Å². The molecular formula is C19H24N2O4S. The number of nitrogens with one attached hydrogen (secondary N) is 2. The fourth-order valence-corrected chi connectivity index (χ4v) is 2.98. The largest absolute Gasteiger partial charge is 0.484 e. The maximum atomic E-state index is 12.1. The van der Waals surface area contributed by atoms with Crippen LogP contribution in [0.1, 0.15) is 31.0 Å². The van der Waals surface area contributed by atoms with Gasteiger partial charge in [0.15, 0.2) is 6.61 Å². The number of hydrogen-bond donors (Lipinski definition) is 2. The van der Waals surface area contributed by atoms with Gasteiger partial charge >= 0.3 is 0 Å². The smallest absolute Gasteiger partial charge is 0.258 e. The van der Waals surface area contributed by atoms with Crippen molar-refractivity contribution in [2.24, 2.45) is 0 Å². The molecule has 1 unspecified atom stereocenters. The molecule has 0 spiro atoms. The van der Waals surface area contributed by atoms with Gasteiger partial charge in [0.2, 0.25) is 10.0 Å². The van der Waals surface area contributed by atoms with Crippen LogP contribution in [-0.2, 0) is 21.2 Å². The summed E-state index contributed by atoms with van der Waals surface area (Å²) in [5.41, 5.74) is 2.45. The van der Waals surface area contributed by atoms with Gasteiger partial charge in [-0.2, -0.15) is 0 Å². The normalized spacial score (nSPS) is 12.3. The zero-order valence-corrected chi connectivity index (χ0v) is 16.0. The Hall–Kier alpha value is -2.54.